The predicted octanol–water partition coefficient (Wildman–Crippen LogP) is 2.72. The number of amides is 1. The van der Waals surface area contributed by atoms with Crippen molar-refractivity contribution in [2.75, 3.05) is 6.79 Å². The van der Waals surface area contributed by atoms with E-state index in [-0.39, 0.29) is 17.2 Å². The predicted molar refractivity (Wildman–Crippen MR) is 95.5 cm³/mol. The van der Waals surface area contributed by atoms with E-state index < -0.39 is 34.9 Å². The molecule has 0 saturated carbocycles. The third-order valence-corrected chi connectivity index (χ3v) is 5.97. The number of nitrogens with zero attached hydrogens (tertiary/aromatic N) is 1. The fourth-order valence-corrected chi connectivity index (χ4v) is 4.75. The second kappa shape index (κ2) is 6.67. The lowest BCUT2D eigenvalue weighted by Crippen LogP contribution is -2.62. The molecule has 2 heterocycles. The van der Waals surface area contributed by atoms with Crippen molar-refractivity contribution in [1.82, 2.24) is 4.90 Å². The molecule has 2 rings (SSSR count). The summed E-state index contributed by atoms with van der Waals surface area (Å²) in [4.78, 5) is 38.3. The van der Waals surface area contributed by atoms with Gasteiger partial charge >= 0.3 is 11.9 Å². The molecule has 0 unspecified atom stereocenters. The molecule has 2 aliphatic heterocycles. The summed E-state index contributed by atoms with van der Waals surface area (Å²) in [7, 11) is 0. The summed E-state index contributed by atoms with van der Waals surface area (Å²) in [6.07, 6.45) is 0.633. The number of β-lactam (4-membered cyclic amide) rings is 1. The Kier molecular flexibility index (Phi) is 5.28. The zero-order valence-corrected chi connectivity index (χ0v) is 16.6. The molecule has 0 radical (unpaired) electrons. The zero-order chi connectivity index (χ0) is 19.2. The van der Waals surface area contributed by atoms with Crippen molar-refractivity contribution < 1.29 is 23.9 Å². The first-order valence-electron chi connectivity index (χ1n) is 8.34. The molecule has 2 fully saturated rings. The van der Waals surface area contributed by atoms with E-state index in [9.17, 15) is 14.4 Å². The molecule has 0 aromatic heterocycles. The van der Waals surface area contributed by atoms with Crippen LogP contribution < -0.4 is 0 Å². The van der Waals surface area contributed by atoms with E-state index in [2.05, 4.69) is 6.58 Å². The SMILES string of the molecule is C=C(C)C[C@H]1C(=O)N2[C@@H]1SC(C)(C)[C@@H]2C(=O)OCOC(=O)C(C)(C)C. The maximum atomic E-state index is 12.5. The minimum atomic E-state index is -0.676. The quantitative estimate of drug-likeness (QED) is 0.321. The summed E-state index contributed by atoms with van der Waals surface area (Å²) in [6.45, 7) is 14.3. The highest BCUT2D eigenvalue weighted by molar-refractivity contribution is 8.01. The van der Waals surface area contributed by atoms with E-state index in [0.29, 0.717) is 6.42 Å². The molecule has 6 nitrogen and oxygen atoms in total. The van der Waals surface area contributed by atoms with Gasteiger partial charge in [-0.25, -0.2) is 4.79 Å². The number of hydrogen-bond donors (Lipinski definition) is 0. The van der Waals surface area contributed by atoms with E-state index in [4.69, 9.17) is 9.47 Å². The number of esters is 2. The number of ether oxygens (including phenoxy) is 2. The number of rotatable bonds is 5. The van der Waals surface area contributed by atoms with E-state index in [1.807, 2.05) is 20.8 Å². The fourth-order valence-electron chi connectivity index (χ4n) is 3.07. The summed E-state index contributed by atoms with van der Waals surface area (Å²) in [5.74, 6) is -1.15. The van der Waals surface area contributed by atoms with Gasteiger partial charge in [0.25, 0.3) is 0 Å². The maximum Gasteiger partial charge on any atom is 0.333 e. The third-order valence-electron chi connectivity index (χ3n) is 4.35. The van der Waals surface area contributed by atoms with Gasteiger partial charge in [0.1, 0.15) is 6.04 Å². The average molecular weight is 369 g/mol. The number of fused-ring (bicyclic) bond motifs is 1. The summed E-state index contributed by atoms with van der Waals surface area (Å²) < 4.78 is 9.66. The topological polar surface area (TPSA) is 72.9 Å². The lowest BCUT2D eigenvalue weighted by atomic mass is 9.88. The van der Waals surface area contributed by atoms with Crippen LogP contribution in [0.1, 0.15) is 48.0 Å². The first-order chi connectivity index (χ1) is 11.4. The fraction of sp³-hybridized carbons (Fsp3) is 0.722. The summed E-state index contributed by atoms with van der Waals surface area (Å²) >= 11 is 1.61. The van der Waals surface area contributed by atoms with E-state index in [1.165, 1.54) is 0 Å². The first kappa shape index (κ1) is 19.8. The van der Waals surface area contributed by atoms with Gasteiger partial charge in [0.05, 0.1) is 16.7 Å². The second-order valence-electron chi connectivity index (χ2n) is 8.29. The van der Waals surface area contributed by atoms with E-state index in [0.717, 1.165) is 5.57 Å². The Morgan fingerprint density at radius 3 is 2.40 bits per heavy atom. The Balaban J connectivity index is 1.99. The molecule has 25 heavy (non-hydrogen) atoms. The monoisotopic (exact) mass is 369 g/mol. The van der Waals surface area contributed by atoms with Crippen LogP contribution in [0.4, 0.5) is 0 Å². The lowest BCUT2D eigenvalue weighted by Gasteiger charge is -2.44. The van der Waals surface area contributed by atoms with Gasteiger partial charge in [0.15, 0.2) is 0 Å². The Morgan fingerprint density at radius 1 is 1.28 bits per heavy atom. The number of carbonyl (C=O) groups is 3. The van der Waals surface area contributed by atoms with Crippen LogP contribution in [-0.2, 0) is 23.9 Å². The number of hydrogen-bond acceptors (Lipinski definition) is 6. The van der Waals surface area contributed by atoms with Crippen LogP contribution >= 0.6 is 11.8 Å². The van der Waals surface area contributed by atoms with E-state index in [1.54, 1.807) is 37.4 Å². The molecule has 3 atom stereocenters. The van der Waals surface area contributed by atoms with Crippen molar-refractivity contribution in [1.29, 1.82) is 0 Å². The average Bonchev–Trinajstić information content (AvgIpc) is 2.72. The van der Waals surface area contributed by atoms with E-state index >= 15 is 0 Å². The maximum absolute atomic E-state index is 12.5. The van der Waals surface area contributed by atoms with Crippen molar-refractivity contribution >= 4 is 29.6 Å². The smallest absolute Gasteiger partial charge is 0.333 e. The van der Waals surface area contributed by atoms with Crippen molar-refractivity contribution in [2.24, 2.45) is 11.3 Å². The molecule has 2 saturated heterocycles. The van der Waals surface area contributed by atoms with Gasteiger partial charge in [0.2, 0.25) is 12.7 Å². The van der Waals surface area contributed by atoms with Gasteiger partial charge in [-0.2, -0.15) is 0 Å². The van der Waals surface area contributed by atoms with Gasteiger partial charge in [0, 0.05) is 4.75 Å². The summed E-state index contributed by atoms with van der Waals surface area (Å²) in [5.41, 5.74) is 0.292. The molecular weight excluding hydrogens is 342 g/mol. The van der Waals surface area contributed by atoms with Crippen LogP contribution in [0.5, 0.6) is 0 Å². The first-order valence-corrected chi connectivity index (χ1v) is 9.22. The van der Waals surface area contributed by atoms with Crippen LogP contribution in [0.25, 0.3) is 0 Å². The van der Waals surface area contributed by atoms with Gasteiger partial charge < -0.3 is 14.4 Å². The minimum Gasteiger partial charge on any atom is -0.427 e. The zero-order valence-electron chi connectivity index (χ0n) is 15.8. The minimum absolute atomic E-state index is 0.0334. The molecule has 0 aromatic rings. The van der Waals surface area contributed by atoms with Gasteiger partial charge in [-0.05, 0) is 48.0 Å². The molecular formula is C18H27NO5S. The molecule has 0 aromatic carbocycles. The molecule has 2 aliphatic rings. The Morgan fingerprint density at radius 2 is 1.88 bits per heavy atom. The summed E-state index contributed by atoms with van der Waals surface area (Å²) in [6, 6.07) is -0.676. The molecule has 0 bridgehead atoms. The molecule has 7 heteroatoms. The Labute approximate surface area is 153 Å². The standard InChI is InChI=1S/C18H27NO5S/c1-10(2)8-11-13(20)19-12(18(6,7)25-14(11)19)15(21)23-9-24-16(22)17(3,4)5/h11-12,14H,1,8-9H2,2-7H3/t11-,12-,14+/m0/s1. The highest BCUT2D eigenvalue weighted by atomic mass is 32.2. The number of allylic oxidation sites excluding steroid dienone is 1. The second-order valence-corrected chi connectivity index (χ2v) is 10.1. The number of carbonyl (C=O) groups excluding carboxylic acids is 3. The van der Waals surface area contributed by atoms with Crippen LogP contribution in [0.15, 0.2) is 12.2 Å². The van der Waals surface area contributed by atoms with Crippen LogP contribution in [0.2, 0.25) is 0 Å². The van der Waals surface area contributed by atoms with Crippen LogP contribution in [0.3, 0.4) is 0 Å². The van der Waals surface area contributed by atoms with Crippen LogP contribution in [-0.4, -0.2) is 45.7 Å². The van der Waals surface area contributed by atoms with Crippen molar-refractivity contribution in [2.45, 2.75) is 64.1 Å². The Bertz CT molecular complexity index is 607. The van der Waals surface area contributed by atoms with Crippen molar-refractivity contribution in [3.63, 3.8) is 0 Å². The molecule has 0 N–H and O–H groups in total. The molecule has 140 valence electrons. The van der Waals surface area contributed by atoms with Gasteiger partial charge in [-0.1, -0.05) is 5.57 Å². The third kappa shape index (κ3) is 3.86. The molecule has 0 spiro atoms. The van der Waals surface area contributed by atoms with Crippen molar-refractivity contribution in [3.05, 3.63) is 12.2 Å². The largest absolute Gasteiger partial charge is 0.427 e. The van der Waals surface area contributed by atoms with Crippen LogP contribution in [0, 0.1) is 11.3 Å². The lowest BCUT2D eigenvalue weighted by molar-refractivity contribution is -0.181. The molecule has 1 amide bonds. The summed E-state index contributed by atoms with van der Waals surface area (Å²) in [5, 5.41) is -0.0334. The Hall–Kier alpha value is -1.50. The highest BCUT2D eigenvalue weighted by Gasteiger charge is 2.63. The highest BCUT2D eigenvalue weighted by Crippen LogP contribution is 2.54. The van der Waals surface area contributed by atoms with Crippen molar-refractivity contribution in [3.8, 4) is 0 Å². The van der Waals surface area contributed by atoms with Gasteiger partial charge in [-0.15, -0.1) is 18.3 Å². The van der Waals surface area contributed by atoms with Gasteiger partial charge in [-0.3, -0.25) is 9.59 Å². The normalized spacial score (nSPS) is 27.4. The number of thioether (sulfide) groups is 1. The molecule has 0 aliphatic carbocycles.